The van der Waals surface area contributed by atoms with Crippen molar-refractivity contribution in [2.24, 2.45) is 11.0 Å². The Morgan fingerprint density at radius 2 is 2.14 bits per heavy atom. The Balaban J connectivity index is 2.12. The van der Waals surface area contributed by atoms with E-state index >= 15 is 0 Å². The zero-order valence-corrected chi connectivity index (χ0v) is 14.5. The Hall–Kier alpha value is -1.43. The number of nitrogens with one attached hydrogen (secondary N) is 1. The Morgan fingerprint density at radius 3 is 2.81 bits per heavy atom. The van der Waals surface area contributed by atoms with Gasteiger partial charge in [0, 0.05) is 3.57 Å². The molecule has 0 aromatic heterocycles. The molecule has 0 aliphatic heterocycles. The van der Waals surface area contributed by atoms with Gasteiger partial charge in [0.15, 0.2) is 0 Å². The first-order valence-electron chi connectivity index (χ1n) is 6.93. The smallest absolute Gasteiger partial charge is 0.267 e. The van der Waals surface area contributed by atoms with Gasteiger partial charge in [-0.2, -0.15) is 5.10 Å². The fourth-order valence-electron chi connectivity index (χ4n) is 2.25. The van der Waals surface area contributed by atoms with Gasteiger partial charge in [-0.05, 0) is 72.9 Å². The van der Waals surface area contributed by atoms with Crippen molar-refractivity contribution in [1.82, 2.24) is 5.43 Å². The minimum Gasteiger partial charge on any atom is -0.267 e. The molecule has 0 radical (unpaired) electrons. The zero-order valence-electron chi connectivity index (χ0n) is 12.3. The lowest BCUT2D eigenvalue weighted by Gasteiger charge is -2.22. The van der Waals surface area contributed by atoms with Crippen LogP contribution in [0.3, 0.4) is 0 Å². The van der Waals surface area contributed by atoms with E-state index in [1.165, 1.54) is 0 Å². The highest BCUT2D eigenvalue weighted by molar-refractivity contribution is 14.1. The van der Waals surface area contributed by atoms with Crippen molar-refractivity contribution in [3.05, 3.63) is 57.2 Å². The lowest BCUT2D eigenvalue weighted by atomic mass is 9.85. The van der Waals surface area contributed by atoms with Gasteiger partial charge in [0.25, 0.3) is 5.91 Å². The van der Waals surface area contributed by atoms with Crippen LogP contribution in [0.2, 0.25) is 0 Å². The quantitative estimate of drug-likeness (QED) is 0.463. The molecule has 3 nitrogen and oxygen atoms in total. The summed E-state index contributed by atoms with van der Waals surface area (Å²) in [6, 6.07) is 7.48. The summed E-state index contributed by atoms with van der Waals surface area (Å²) < 4.78 is 0.920. The molecule has 1 N–H and O–H groups in total. The maximum absolute atomic E-state index is 12.2. The van der Waals surface area contributed by atoms with Crippen LogP contribution in [0.4, 0.5) is 0 Å². The molecule has 0 saturated heterocycles. The Kier molecular flexibility index (Phi) is 5.33. The van der Waals surface area contributed by atoms with Gasteiger partial charge in [-0.15, -0.1) is 0 Å². The molecule has 21 heavy (non-hydrogen) atoms. The fourth-order valence-corrected chi connectivity index (χ4v) is 2.88. The SMILES string of the molecule is C=C(C)C1CC=C(C)C(=NNC(=O)c2ccccc2I)C1. The van der Waals surface area contributed by atoms with E-state index in [1.54, 1.807) is 6.07 Å². The number of carbonyl (C=O) groups excluding carboxylic acids is 1. The standard InChI is InChI=1S/C17H19IN2O/c1-11(2)13-9-8-12(3)16(10-13)19-20-17(21)14-6-4-5-7-15(14)18/h4-8,13H,1,9-10H2,2-3H3,(H,20,21). The normalized spacial score (nSPS) is 20.0. The van der Waals surface area contributed by atoms with E-state index in [2.05, 4.69) is 45.8 Å². The van der Waals surface area contributed by atoms with Crippen LogP contribution < -0.4 is 5.43 Å². The molecule has 1 amide bonds. The number of rotatable bonds is 3. The number of hydrogen-bond donors (Lipinski definition) is 1. The summed E-state index contributed by atoms with van der Waals surface area (Å²) in [6.45, 7) is 8.10. The molecular formula is C17H19IN2O. The molecule has 1 atom stereocenters. The number of benzene rings is 1. The van der Waals surface area contributed by atoms with Crippen molar-refractivity contribution < 1.29 is 4.79 Å². The summed E-state index contributed by atoms with van der Waals surface area (Å²) in [7, 11) is 0. The molecule has 0 heterocycles. The topological polar surface area (TPSA) is 41.5 Å². The highest BCUT2D eigenvalue weighted by atomic mass is 127. The van der Waals surface area contributed by atoms with Gasteiger partial charge >= 0.3 is 0 Å². The van der Waals surface area contributed by atoms with E-state index < -0.39 is 0 Å². The van der Waals surface area contributed by atoms with Crippen LogP contribution in [-0.4, -0.2) is 11.6 Å². The van der Waals surface area contributed by atoms with E-state index in [0.29, 0.717) is 11.5 Å². The number of amides is 1. The monoisotopic (exact) mass is 394 g/mol. The van der Waals surface area contributed by atoms with Crippen molar-refractivity contribution in [2.75, 3.05) is 0 Å². The van der Waals surface area contributed by atoms with Crippen LogP contribution in [-0.2, 0) is 0 Å². The number of carbonyl (C=O) groups is 1. The number of halogens is 1. The summed E-state index contributed by atoms with van der Waals surface area (Å²) >= 11 is 2.15. The molecular weight excluding hydrogens is 375 g/mol. The first kappa shape index (κ1) is 15.9. The Morgan fingerprint density at radius 1 is 1.43 bits per heavy atom. The number of nitrogens with zero attached hydrogens (tertiary/aromatic N) is 1. The molecule has 2 rings (SSSR count). The summed E-state index contributed by atoms with van der Waals surface area (Å²) in [6.07, 6.45) is 4.01. The van der Waals surface area contributed by atoms with Gasteiger partial charge in [-0.25, -0.2) is 5.43 Å². The van der Waals surface area contributed by atoms with Crippen LogP contribution in [0.1, 0.15) is 37.0 Å². The largest absolute Gasteiger partial charge is 0.272 e. The summed E-state index contributed by atoms with van der Waals surface area (Å²) in [5.41, 5.74) is 6.56. The van der Waals surface area contributed by atoms with Crippen molar-refractivity contribution in [3.8, 4) is 0 Å². The van der Waals surface area contributed by atoms with E-state index in [-0.39, 0.29) is 5.91 Å². The first-order chi connectivity index (χ1) is 9.99. The van der Waals surface area contributed by atoms with E-state index in [0.717, 1.165) is 33.3 Å². The van der Waals surface area contributed by atoms with Crippen molar-refractivity contribution >= 4 is 34.2 Å². The summed E-state index contributed by atoms with van der Waals surface area (Å²) in [4.78, 5) is 12.2. The molecule has 1 aliphatic carbocycles. The van der Waals surface area contributed by atoms with Crippen LogP contribution in [0.5, 0.6) is 0 Å². The molecule has 110 valence electrons. The summed E-state index contributed by atoms with van der Waals surface area (Å²) in [5.74, 6) is 0.249. The lowest BCUT2D eigenvalue weighted by Crippen LogP contribution is -2.23. The first-order valence-corrected chi connectivity index (χ1v) is 8.01. The third kappa shape index (κ3) is 4.03. The van der Waals surface area contributed by atoms with Crippen molar-refractivity contribution in [1.29, 1.82) is 0 Å². The van der Waals surface area contributed by atoms with Gasteiger partial charge < -0.3 is 0 Å². The maximum Gasteiger partial charge on any atom is 0.272 e. The third-order valence-electron chi connectivity index (χ3n) is 3.71. The third-order valence-corrected chi connectivity index (χ3v) is 4.65. The number of allylic oxidation sites excluding steroid dienone is 3. The predicted molar refractivity (Wildman–Crippen MR) is 95.4 cm³/mol. The van der Waals surface area contributed by atoms with Crippen LogP contribution in [0, 0.1) is 9.49 Å². The highest BCUT2D eigenvalue weighted by Crippen LogP contribution is 2.26. The molecule has 1 aliphatic rings. The van der Waals surface area contributed by atoms with Crippen LogP contribution in [0.25, 0.3) is 0 Å². The van der Waals surface area contributed by atoms with Gasteiger partial charge in [0.05, 0.1) is 11.3 Å². The number of hydrazone groups is 1. The average molecular weight is 394 g/mol. The Bertz CT molecular complexity index is 631. The molecule has 0 fully saturated rings. The molecule has 4 heteroatoms. The molecule has 0 bridgehead atoms. The molecule has 1 unspecified atom stereocenters. The van der Waals surface area contributed by atoms with Crippen molar-refractivity contribution in [2.45, 2.75) is 26.7 Å². The van der Waals surface area contributed by atoms with E-state index in [1.807, 2.05) is 32.0 Å². The van der Waals surface area contributed by atoms with Gasteiger partial charge in [0.2, 0.25) is 0 Å². The average Bonchev–Trinajstić information content (AvgIpc) is 2.46. The molecule has 1 aromatic rings. The number of hydrogen-bond acceptors (Lipinski definition) is 2. The van der Waals surface area contributed by atoms with E-state index in [9.17, 15) is 4.79 Å². The summed E-state index contributed by atoms with van der Waals surface area (Å²) in [5, 5.41) is 4.32. The van der Waals surface area contributed by atoms with Crippen LogP contribution in [0.15, 0.2) is 53.2 Å². The van der Waals surface area contributed by atoms with E-state index in [4.69, 9.17) is 0 Å². The minimum absolute atomic E-state index is 0.169. The van der Waals surface area contributed by atoms with Gasteiger partial charge in [0.1, 0.15) is 0 Å². The molecule has 1 aromatic carbocycles. The van der Waals surface area contributed by atoms with Gasteiger partial charge in [-0.3, -0.25) is 4.79 Å². The van der Waals surface area contributed by atoms with Gasteiger partial charge in [-0.1, -0.05) is 30.4 Å². The second kappa shape index (κ2) is 7.02. The van der Waals surface area contributed by atoms with Crippen LogP contribution >= 0.6 is 22.6 Å². The second-order valence-electron chi connectivity index (χ2n) is 5.35. The predicted octanol–water partition coefficient (Wildman–Crippen LogP) is 4.31. The highest BCUT2D eigenvalue weighted by Gasteiger charge is 2.19. The molecule has 0 spiro atoms. The van der Waals surface area contributed by atoms with Crippen molar-refractivity contribution in [3.63, 3.8) is 0 Å². The molecule has 0 saturated carbocycles. The Labute approximate surface area is 139 Å². The maximum atomic E-state index is 12.2. The zero-order chi connectivity index (χ0) is 15.4. The minimum atomic E-state index is -0.169. The lowest BCUT2D eigenvalue weighted by molar-refractivity contribution is 0.0954. The fraction of sp³-hybridized carbons (Fsp3) is 0.294. The second-order valence-corrected chi connectivity index (χ2v) is 6.51.